The summed E-state index contributed by atoms with van der Waals surface area (Å²) in [5.41, 5.74) is 1.07. The molecule has 1 unspecified atom stereocenters. The highest BCUT2D eigenvalue weighted by Crippen LogP contribution is 2.23. The summed E-state index contributed by atoms with van der Waals surface area (Å²) in [6.07, 6.45) is 5.76. The predicted octanol–water partition coefficient (Wildman–Crippen LogP) is 2.86. The van der Waals surface area contributed by atoms with E-state index >= 15 is 0 Å². The van der Waals surface area contributed by atoms with E-state index in [1.54, 1.807) is 12.3 Å². The molecular formula is C15H25N3O2S. The third kappa shape index (κ3) is 4.88. The molecular weight excluding hydrogens is 286 g/mol. The zero-order valence-corrected chi connectivity index (χ0v) is 13.7. The van der Waals surface area contributed by atoms with Crippen LogP contribution >= 0.6 is 0 Å². The Hall–Kier alpha value is -1.30. The molecule has 5 nitrogen and oxygen atoms in total. The molecule has 0 bridgehead atoms. The van der Waals surface area contributed by atoms with Crippen molar-refractivity contribution in [1.29, 1.82) is 0 Å². The summed E-state index contributed by atoms with van der Waals surface area (Å²) in [5, 5.41) is 0. The van der Waals surface area contributed by atoms with Crippen molar-refractivity contribution in [3.05, 3.63) is 18.3 Å². The van der Waals surface area contributed by atoms with Crippen LogP contribution in [0.1, 0.15) is 39.5 Å². The number of hydrogen-bond acceptors (Lipinski definition) is 4. The van der Waals surface area contributed by atoms with Crippen molar-refractivity contribution in [3.8, 4) is 0 Å². The van der Waals surface area contributed by atoms with Gasteiger partial charge in [0.1, 0.15) is 5.82 Å². The monoisotopic (exact) mass is 311 g/mol. The number of hydrogen-bond donors (Lipinski definition) is 1. The number of nitrogens with zero attached hydrogens (tertiary/aromatic N) is 2. The van der Waals surface area contributed by atoms with Gasteiger partial charge in [0.15, 0.2) is 0 Å². The highest BCUT2D eigenvalue weighted by Gasteiger charge is 2.17. The van der Waals surface area contributed by atoms with Crippen LogP contribution in [-0.4, -0.2) is 32.2 Å². The number of piperidine rings is 1. The first-order chi connectivity index (χ1) is 10.00. The number of unbranched alkanes of at least 4 members (excludes halogenated alkanes) is 1. The lowest BCUT2D eigenvalue weighted by Gasteiger charge is -2.32. The van der Waals surface area contributed by atoms with Crippen molar-refractivity contribution in [1.82, 2.24) is 4.98 Å². The maximum atomic E-state index is 11.8. The molecule has 1 aliphatic heterocycles. The van der Waals surface area contributed by atoms with Crippen molar-refractivity contribution in [2.24, 2.45) is 5.92 Å². The molecule has 2 rings (SSSR count). The van der Waals surface area contributed by atoms with Crippen molar-refractivity contribution >= 4 is 21.5 Å². The van der Waals surface area contributed by atoms with E-state index in [9.17, 15) is 8.42 Å². The van der Waals surface area contributed by atoms with Crippen LogP contribution in [0.4, 0.5) is 11.5 Å². The molecule has 2 heterocycles. The van der Waals surface area contributed by atoms with Crippen LogP contribution in [0.3, 0.4) is 0 Å². The van der Waals surface area contributed by atoms with Gasteiger partial charge in [0, 0.05) is 13.1 Å². The third-order valence-corrected chi connectivity index (χ3v) is 5.14. The van der Waals surface area contributed by atoms with Gasteiger partial charge in [-0.3, -0.25) is 4.72 Å². The Balaban J connectivity index is 1.98. The van der Waals surface area contributed by atoms with Gasteiger partial charge in [-0.2, -0.15) is 0 Å². The number of sulfonamides is 1. The minimum Gasteiger partial charge on any atom is -0.370 e. The molecule has 0 aromatic carbocycles. The van der Waals surface area contributed by atoms with E-state index in [1.165, 1.54) is 12.8 Å². The Labute approximate surface area is 127 Å². The maximum Gasteiger partial charge on any atom is 0.233 e. The second-order valence-electron chi connectivity index (χ2n) is 5.87. The van der Waals surface area contributed by atoms with Crippen LogP contribution in [-0.2, 0) is 10.0 Å². The Kier molecular flexibility index (Phi) is 5.45. The minimum atomic E-state index is -3.27. The van der Waals surface area contributed by atoms with E-state index in [4.69, 9.17) is 0 Å². The molecule has 0 radical (unpaired) electrons. The smallest absolute Gasteiger partial charge is 0.233 e. The van der Waals surface area contributed by atoms with E-state index in [0.717, 1.165) is 25.2 Å². The lowest BCUT2D eigenvalue weighted by molar-refractivity contribution is 0.446. The maximum absolute atomic E-state index is 11.8. The summed E-state index contributed by atoms with van der Waals surface area (Å²) in [5.74, 6) is 1.25. The summed E-state index contributed by atoms with van der Waals surface area (Å²) in [7, 11) is -3.27. The molecule has 1 saturated heterocycles. The first-order valence-electron chi connectivity index (χ1n) is 7.71. The van der Waals surface area contributed by atoms with E-state index in [-0.39, 0.29) is 5.75 Å². The normalized spacial score (nSPS) is 19.5. The topological polar surface area (TPSA) is 62.3 Å². The summed E-state index contributed by atoms with van der Waals surface area (Å²) < 4.78 is 26.2. The first kappa shape index (κ1) is 16.1. The molecule has 1 aromatic rings. The van der Waals surface area contributed by atoms with E-state index in [2.05, 4.69) is 21.5 Å². The van der Waals surface area contributed by atoms with Gasteiger partial charge >= 0.3 is 0 Å². The molecule has 1 aliphatic rings. The molecule has 0 spiro atoms. The lowest BCUT2D eigenvalue weighted by Crippen LogP contribution is -2.34. The Morgan fingerprint density at radius 1 is 1.43 bits per heavy atom. The molecule has 118 valence electrons. The molecule has 1 aromatic heterocycles. The Morgan fingerprint density at radius 2 is 2.24 bits per heavy atom. The molecule has 1 atom stereocenters. The molecule has 0 aliphatic carbocycles. The number of aromatic nitrogens is 1. The third-order valence-electron chi connectivity index (χ3n) is 3.80. The van der Waals surface area contributed by atoms with Crippen LogP contribution in [0.2, 0.25) is 0 Å². The highest BCUT2D eigenvalue weighted by molar-refractivity contribution is 7.92. The summed E-state index contributed by atoms with van der Waals surface area (Å²) in [6, 6.07) is 3.70. The van der Waals surface area contributed by atoms with E-state index in [1.807, 2.05) is 13.0 Å². The molecule has 0 saturated carbocycles. The number of anilines is 2. The molecule has 6 heteroatoms. The highest BCUT2D eigenvalue weighted by atomic mass is 32.2. The zero-order valence-electron chi connectivity index (χ0n) is 12.9. The SMILES string of the molecule is CCCCS(=O)(=O)Nc1ccc(N2CCCC(C)C2)cn1. The molecule has 1 fully saturated rings. The summed E-state index contributed by atoms with van der Waals surface area (Å²) in [6.45, 7) is 6.33. The van der Waals surface area contributed by atoms with Crippen LogP contribution < -0.4 is 9.62 Å². The van der Waals surface area contributed by atoms with Gasteiger partial charge in [0.05, 0.1) is 17.6 Å². The average Bonchev–Trinajstić information content (AvgIpc) is 2.46. The Morgan fingerprint density at radius 3 is 2.86 bits per heavy atom. The van der Waals surface area contributed by atoms with E-state index < -0.39 is 10.0 Å². The van der Waals surface area contributed by atoms with Crippen molar-refractivity contribution in [3.63, 3.8) is 0 Å². The van der Waals surface area contributed by atoms with Gasteiger partial charge in [0.25, 0.3) is 0 Å². The van der Waals surface area contributed by atoms with Gasteiger partial charge in [0.2, 0.25) is 10.0 Å². The fourth-order valence-corrected chi connectivity index (χ4v) is 3.81. The molecule has 21 heavy (non-hydrogen) atoms. The molecule has 1 N–H and O–H groups in total. The van der Waals surface area contributed by atoms with Crippen molar-refractivity contribution in [2.45, 2.75) is 39.5 Å². The fourth-order valence-electron chi connectivity index (χ4n) is 2.60. The zero-order chi connectivity index (χ0) is 15.3. The number of pyridine rings is 1. The van der Waals surface area contributed by atoms with Gasteiger partial charge in [-0.1, -0.05) is 20.3 Å². The predicted molar refractivity (Wildman–Crippen MR) is 87.2 cm³/mol. The van der Waals surface area contributed by atoms with Gasteiger partial charge in [-0.25, -0.2) is 13.4 Å². The first-order valence-corrected chi connectivity index (χ1v) is 9.37. The quantitative estimate of drug-likeness (QED) is 0.877. The lowest BCUT2D eigenvalue weighted by atomic mass is 10.00. The van der Waals surface area contributed by atoms with E-state index in [0.29, 0.717) is 18.2 Å². The Bertz CT molecular complexity index is 543. The van der Waals surface area contributed by atoms with Crippen LogP contribution in [0.25, 0.3) is 0 Å². The van der Waals surface area contributed by atoms with Crippen molar-refractivity contribution in [2.75, 3.05) is 28.5 Å². The summed E-state index contributed by atoms with van der Waals surface area (Å²) in [4.78, 5) is 6.56. The number of nitrogens with one attached hydrogen (secondary N) is 1. The molecule has 0 amide bonds. The second-order valence-corrected chi connectivity index (χ2v) is 7.71. The van der Waals surface area contributed by atoms with Crippen LogP contribution in [0, 0.1) is 5.92 Å². The fraction of sp³-hybridized carbons (Fsp3) is 0.667. The van der Waals surface area contributed by atoms with Gasteiger partial charge < -0.3 is 4.90 Å². The average molecular weight is 311 g/mol. The van der Waals surface area contributed by atoms with Gasteiger partial charge in [-0.15, -0.1) is 0 Å². The largest absolute Gasteiger partial charge is 0.370 e. The second kappa shape index (κ2) is 7.11. The van der Waals surface area contributed by atoms with Gasteiger partial charge in [-0.05, 0) is 37.3 Å². The number of rotatable bonds is 6. The summed E-state index contributed by atoms with van der Waals surface area (Å²) >= 11 is 0. The van der Waals surface area contributed by atoms with Crippen molar-refractivity contribution < 1.29 is 8.42 Å². The van der Waals surface area contributed by atoms with Crippen LogP contribution in [0.5, 0.6) is 0 Å². The minimum absolute atomic E-state index is 0.149. The standard InChI is InChI=1S/C15H25N3O2S/c1-3-4-10-21(19,20)17-15-8-7-14(11-16-15)18-9-5-6-13(2)12-18/h7-8,11,13H,3-6,9-10,12H2,1-2H3,(H,16,17). The van der Waals surface area contributed by atoms with Crippen LogP contribution in [0.15, 0.2) is 18.3 Å².